The largest absolute Gasteiger partial charge is 0.427 e. The number of anilines is 1. The molecule has 0 N–H and O–H groups in total. The van der Waals surface area contributed by atoms with Gasteiger partial charge in [-0.3, -0.25) is 19.3 Å². The molecule has 2 aliphatic rings. The van der Waals surface area contributed by atoms with E-state index in [0.717, 1.165) is 0 Å². The molecule has 3 atom stereocenters. The van der Waals surface area contributed by atoms with Crippen molar-refractivity contribution in [3.8, 4) is 5.75 Å². The zero-order chi connectivity index (χ0) is 15.9. The van der Waals surface area contributed by atoms with Gasteiger partial charge in [0, 0.05) is 6.92 Å². The molecule has 0 saturated carbocycles. The van der Waals surface area contributed by atoms with E-state index >= 15 is 0 Å². The summed E-state index contributed by atoms with van der Waals surface area (Å²) in [7, 11) is 0. The van der Waals surface area contributed by atoms with Crippen molar-refractivity contribution in [2.24, 2.45) is 17.8 Å². The molecule has 0 spiro atoms. The molecule has 1 saturated heterocycles. The molecule has 5 heteroatoms. The number of hydrogen-bond donors (Lipinski definition) is 0. The molecule has 0 radical (unpaired) electrons. The van der Waals surface area contributed by atoms with E-state index in [0.29, 0.717) is 17.9 Å². The van der Waals surface area contributed by atoms with Gasteiger partial charge >= 0.3 is 5.97 Å². The van der Waals surface area contributed by atoms with Crippen LogP contribution in [0.25, 0.3) is 0 Å². The minimum absolute atomic E-state index is 0.0699. The van der Waals surface area contributed by atoms with Crippen LogP contribution >= 0.6 is 0 Å². The topological polar surface area (TPSA) is 63.7 Å². The summed E-state index contributed by atoms with van der Waals surface area (Å²) in [6.07, 6.45) is 4.59. The van der Waals surface area contributed by atoms with E-state index in [2.05, 4.69) is 0 Å². The van der Waals surface area contributed by atoms with Crippen molar-refractivity contribution >= 4 is 23.5 Å². The second kappa shape index (κ2) is 5.40. The van der Waals surface area contributed by atoms with Crippen molar-refractivity contribution in [2.45, 2.75) is 20.3 Å². The van der Waals surface area contributed by atoms with Crippen molar-refractivity contribution in [3.05, 3.63) is 36.4 Å². The smallest absolute Gasteiger partial charge is 0.308 e. The summed E-state index contributed by atoms with van der Waals surface area (Å²) in [5.74, 6) is -0.778. The van der Waals surface area contributed by atoms with Gasteiger partial charge in [0.15, 0.2) is 0 Å². The number of carbonyl (C=O) groups excluding carboxylic acids is 3. The molecule has 1 aliphatic heterocycles. The van der Waals surface area contributed by atoms with Crippen molar-refractivity contribution in [1.29, 1.82) is 0 Å². The van der Waals surface area contributed by atoms with Gasteiger partial charge in [-0.2, -0.15) is 0 Å². The second-order valence-electron chi connectivity index (χ2n) is 5.75. The monoisotopic (exact) mass is 299 g/mol. The van der Waals surface area contributed by atoms with Crippen LogP contribution in [0.2, 0.25) is 0 Å². The Labute approximate surface area is 128 Å². The van der Waals surface area contributed by atoms with Gasteiger partial charge < -0.3 is 4.74 Å². The van der Waals surface area contributed by atoms with E-state index in [-0.39, 0.29) is 29.6 Å². The molecule has 3 rings (SSSR count). The fourth-order valence-corrected chi connectivity index (χ4v) is 3.23. The first-order valence-corrected chi connectivity index (χ1v) is 7.32. The molecule has 1 fully saturated rings. The molecule has 1 aromatic rings. The molecule has 22 heavy (non-hydrogen) atoms. The SMILES string of the molecule is CC(=O)Oc1ccc(N2C(=O)[C@@H]3[C@@H](C)C=CC[C@H]3C2=O)cc1. The highest BCUT2D eigenvalue weighted by Gasteiger charge is 2.50. The average molecular weight is 299 g/mol. The molecule has 1 heterocycles. The van der Waals surface area contributed by atoms with Gasteiger partial charge in [0.1, 0.15) is 5.75 Å². The summed E-state index contributed by atoms with van der Waals surface area (Å²) in [5, 5.41) is 0. The molecule has 0 bridgehead atoms. The lowest BCUT2D eigenvalue weighted by Gasteiger charge is -2.22. The van der Waals surface area contributed by atoms with Crippen LogP contribution in [0.4, 0.5) is 5.69 Å². The first-order valence-electron chi connectivity index (χ1n) is 7.32. The highest BCUT2D eigenvalue weighted by atomic mass is 16.5. The number of carbonyl (C=O) groups is 3. The number of rotatable bonds is 2. The van der Waals surface area contributed by atoms with Crippen molar-refractivity contribution < 1.29 is 19.1 Å². The molecule has 114 valence electrons. The van der Waals surface area contributed by atoms with Crippen LogP contribution < -0.4 is 9.64 Å². The van der Waals surface area contributed by atoms with Crippen molar-refractivity contribution in [3.63, 3.8) is 0 Å². The Morgan fingerprint density at radius 1 is 1.18 bits per heavy atom. The molecule has 5 nitrogen and oxygen atoms in total. The number of allylic oxidation sites excluding steroid dienone is 2. The minimum Gasteiger partial charge on any atom is -0.427 e. The Hall–Kier alpha value is -2.43. The Morgan fingerprint density at radius 2 is 1.86 bits per heavy atom. The standard InChI is InChI=1S/C17H17NO4/c1-10-4-3-5-14-15(10)17(21)18(16(14)20)12-6-8-13(9-7-12)22-11(2)19/h3-4,6-10,14-15H,5H2,1-2H3/t10-,14+,15+/m0/s1. The fraction of sp³-hybridized carbons (Fsp3) is 0.353. The highest BCUT2D eigenvalue weighted by molar-refractivity contribution is 6.22. The van der Waals surface area contributed by atoms with E-state index in [1.807, 2.05) is 19.1 Å². The number of amides is 2. The number of ether oxygens (including phenoxy) is 1. The summed E-state index contributed by atoms with van der Waals surface area (Å²) in [6, 6.07) is 6.43. The van der Waals surface area contributed by atoms with E-state index in [9.17, 15) is 14.4 Å². The van der Waals surface area contributed by atoms with Gasteiger partial charge in [0.2, 0.25) is 11.8 Å². The van der Waals surface area contributed by atoms with Crippen LogP contribution in [-0.4, -0.2) is 17.8 Å². The van der Waals surface area contributed by atoms with E-state index in [1.54, 1.807) is 24.3 Å². The van der Waals surface area contributed by atoms with Crippen molar-refractivity contribution in [2.75, 3.05) is 4.90 Å². The van der Waals surface area contributed by atoms with Gasteiger partial charge in [0.05, 0.1) is 17.5 Å². The first-order chi connectivity index (χ1) is 10.5. The van der Waals surface area contributed by atoms with E-state index in [1.165, 1.54) is 11.8 Å². The Kier molecular flexibility index (Phi) is 3.56. The third kappa shape index (κ3) is 2.32. The van der Waals surface area contributed by atoms with Crippen LogP contribution in [0.15, 0.2) is 36.4 Å². The molecule has 0 unspecified atom stereocenters. The highest BCUT2D eigenvalue weighted by Crippen LogP contribution is 2.40. The van der Waals surface area contributed by atoms with Crippen LogP contribution in [0.5, 0.6) is 5.75 Å². The quantitative estimate of drug-likeness (QED) is 0.364. The number of esters is 1. The maximum absolute atomic E-state index is 12.6. The Balaban J connectivity index is 1.87. The third-order valence-electron chi connectivity index (χ3n) is 4.23. The third-order valence-corrected chi connectivity index (χ3v) is 4.23. The van der Waals surface area contributed by atoms with Gasteiger partial charge in [-0.05, 0) is 36.6 Å². The van der Waals surface area contributed by atoms with Gasteiger partial charge in [-0.25, -0.2) is 0 Å². The molecular formula is C17H17NO4. The van der Waals surface area contributed by atoms with Gasteiger partial charge in [-0.1, -0.05) is 19.1 Å². The molecule has 0 aromatic heterocycles. The molecular weight excluding hydrogens is 282 g/mol. The Bertz CT molecular complexity index is 662. The van der Waals surface area contributed by atoms with Crippen LogP contribution in [-0.2, 0) is 14.4 Å². The molecule has 2 amide bonds. The van der Waals surface area contributed by atoms with E-state index < -0.39 is 5.97 Å². The lowest BCUT2D eigenvalue weighted by Crippen LogP contribution is -2.31. The summed E-state index contributed by atoms with van der Waals surface area (Å²) in [5.41, 5.74) is 0.521. The van der Waals surface area contributed by atoms with Gasteiger partial charge in [-0.15, -0.1) is 0 Å². The maximum atomic E-state index is 12.6. The average Bonchev–Trinajstić information content (AvgIpc) is 2.73. The molecule has 1 aliphatic carbocycles. The van der Waals surface area contributed by atoms with Crippen LogP contribution in [0, 0.1) is 17.8 Å². The fourth-order valence-electron chi connectivity index (χ4n) is 3.23. The summed E-state index contributed by atoms with van der Waals surface area (Å²) in [4.78, 5) is 37.3. The van der Waals surface area contributed by atoms with Gasteiger partial charge in [0.25, 0.3) is 0 Å². The predicted octanol–water partition coefficient (Wildman–Crippen LogP) is 2.31. The maximum Gasteiger partial charge on any atom is 0.308 e. The number of nitrogens with zero attached hydrogens (tertiary/aromatic N) is 1. The summed E-state index contributed by atoms with van der Waals surface area (Å²) < 4.78 is 4.96. The zero-order valence-electron chi connectivity index (χ0n) is 12.5. The Morgan fingerprint density at radius 3 is 2.45 bits per heavy atom. The zero-order valence-corrected chi connectivity index (χ0v) is 12.5. The van der Waals surface area contributed by atoms with Crippen molar-refractivity contribution in [1.82, 2.24) is 0 Å². The second-order valence-corrected chi connectivity index (χ2v) is 5.75. The minimum atomic E-state index is -0.410. The summed E-state index contributed by atoms with van der Waals surface area (Å²) >= 11 is 0. The lowest BCUT2D eigenvalue weighted by molar-refractivity contribution is -0.132. The predicted molar refractivity (Wildman–Crippen MR) is 80.1 cm³/mol. The summed E-state index contributed by atoms with van der Waals surface area (Å²) in [6.45, 7) is 3.28. The number of benzene rings is 1. The number of imide groups is 1. The lowest BCUT2D eigenvalue weighted by atomic mass is 9.78. The first kappa shape index (κ1) is 14.5. The number of fused-ring (bicyclic) bond motifs is 1. The molecule has 1 aromatic carbocycles. The van der Waals surface area contributed by atoms with Crippen LogP contribution in [0.1, 0.15) is 20.3 Å². The normalized spacial score (nSPS) is 27.0. The number of hydrogen-bond acceptors (Lipinski definition) is 4. The van der Waals surface area contributed by atoms with E-state index in [4.69, 9.17) is 4.74 Å². The van der Waals surface area contributed by atoms with Crippen LogP contribution in [0.3, 0.4) is 0 Å².